The Morgan fingerprint density at radius 1 is 0.778 bits per heavy atom. The van der Waals surface area contributed by atoms with Crippen molar-refractivity contribution in [1.29, 1.82) is 0 Å². The van der Waals surface area contributed by atoms with Crippen molar-refractivity contribution in [3.05, 3.63) is 59.7 Å². The smallest absolute Gasteiger partial charge is 0.0179 e. The van der Waals surface area contributed by atoms with Gasteiger partial charge < -0.3 is 0 Å². The first-order valence-electron chi connectivity index (χ1n) is 6.84. The van der Waals surface area contributed by atoms with Crippen molar-refractivity contribution in [2.45, 2.75) is 40.5 Å². The van der Waals surface area contributed by atoms with Gasteiger partial charge in [-0.2, -0.15) is 0 Å². The van der Waals surface area contributed by atoms with Crippen LogP contribution < -0.4 is 0 Å². The zero-order chi connectivity index (χ0) is 13.5. The van der Waals surface area contributed by atoms with Crippen molar-refractivity contribution < 1.29 is 0 Å². The second kappa shape index (κ2) is 7.00. The summed E-state index contributed by atoms with van der Waals surface area (Å²) >= 11 is 0. The van der Waals surface area contributed by atoms with Crippen molar-refractivity contribution in [2.75, 3.05) is 0 Å². The van der Waals surface area contributed by atoms with Crippen LogP contribution in [-0.2, 0) is 0 Å². The summed E-state index contributed by atoms with van der Waals surface area (Å²) in [7, 11) is 0. The second-order valence-corrected chi connectivity index (χ2v) is 4.65. The van der Waals surface area contributed by atoms with Gasteiger partial charge in [0.1, 0.15) is 0 Å². The van der Waals surface area contributed by atoms with Crippen LogP contribution in [0.2, 0.25) is 0 Å². The predicted octanol–water partition coefficient (Wildman–Crippen LogP) is 5.81. The lowest BCUT2D eigenvalue weighted by molar-refractivity contribution is 0.865. The highest BCUT2D eigenvalue weighted by Crippen LogP contribution is 2.25. The minimum atomic E-state index is 0.586. The van der Waals surface area contributed by atoms with Crippen LogP contribution in [0.25, 0.3) is 11.1 Å². The number of aryl methyl sites for hydroxylation is 1. The molecule has 0 heteroatoms. The molecule has 0 unspecified atom stereocenters. The van der Waals surface area contributed by atoms with Crippen LogP contribution in [0.4, 0.5) is 0 Å². The highest BCUT2D eigenvalue weighted by Gasteiger charge is 2.03. The maximum Gasteiger partial charge on any atom is -0.0179 e. The minimum absolute atomic E-state index is 0.586. The Kier molecular flexibility index (Phi) is 5.64. The zero-order valence-electron chi connectivity index (χ0n) is 12.2. The molecule has 0 aromatic heterocycles. The van der Waals surface area contributed by atoms with Gasteiger partial charge in [0, 0.05) is 0 Å². The summed E-state index contributed by atoms with van der Waals surface area (Å²) < 4.78 is 0. The number of hydrogen-bond donors (Lipinski definition) is 0. The molecular formula is C18H24. The molecule has 0 atom stereocenters. The average molecular weight is 240 g/mol. The van der Waals surface area contributed by atoms with E-state index in [1.54, 1.807) is 0 Å². The molecule has 0 aliphatic rings. The first-order valence-corrected chi connectivity index (χ1v) is 6.84. The van der Waals surface area contributed by atoms with E-state index in [9.17, 15) is 0 Å². The number of hydrogen-bond acceptors (Lipinski definition) is 0. The van der Waals surface area contributed by atoms with E-state index >= 15 is 0 Å². The Bertz CT molecular complexity index is 467. The molecule has 0 aliphatic carbocycles. The molecule has 0 fully saturated rings. The summed E-state index contributed by atoms with van der Waals surface area (Å²) in [6.45, 7) is 10.6. The number of benzene rings is 2. The van der Waals surface area contributed by atoms with Gasteiger partial charge in [0.2, 0.25) is 0 Å². The Morgan fingerprint density at radius 2 is 1.39 bits per heavy atom. The van der Waals surface area contributed by atoms with Crippen molar-refractivity contribution in [3.63, 3.8) is 0 Å². The lowest BCUT2D eigenvalue weighted by Crippen LogP contribution is -1.90. The lowest BCUT2D eigenvalue weighted by atomic mass is 9.95. The fourth-order valence-electron chi connectivity index (χ4n) is 1.94. The van der Waals surface area contributed by atoms with Crippen molar-refractivity contribution in [1.82, 2.24) is 0 Å². The first kappa shape index (κ1) is 14.5. The van der Waals surface area contributed by atoms with Gasteiger partial charge in [-0.05, 0) is 29.5 Å². The summed E-state index contributed by atoms with van der Waals surface area (Å²) in [4.78, 5) is 0. The fraction of sp³-hybridized carbons (Fsp3) is 0.333. The maximum absolute atomic E-state index is 2.30. The van der Waals surface area contributed by atoms with Crippen molar-refractivity contribution in [2.24, 2.45) is 0 Å². The maximum atomic E-state index is 2.30. The average Bonchev–Trinajstić information content (AvgIpc) is 2.41. The molecular weight excluding hydrogens is 216 g/mol. The molecule has 0 amide bonds. The van der Waals surface area contributed by atoms with Crippen LogP contribution >= 0.6 is 0 Å². The Labute approximate surface area is 112 Å². The Hall–Kier alpha value is -1.56. The minimum Gasteiger partial charge on any atom is -0.0683 e. The number of rotatable bonds is 2. The highest BCUT2D eigenvalue weighted by atomic mass is 14.1. The normalized spacial score (nSPS) is 9.89. The standard InChI is InChI=1S/C16H18.C2H6/c1-12(2)15-9-13(3)10-16(11-15)14-7-5-4-6-8-14;1-2/h4-12H,1-3H3;1-2H3. The van der Waals surface area contributed by atoms with E-state index in [2.05, 4.69) is 69.3 Å². The molecule has 0 spiro atoms. The lowest BCUT2D eigenvalue weighted by Gasteiger charge is -2.10. The van der Waals surface area contributed by atoms with Gasteiger partial charge in [-0.25, -0.2) is 0 Å². The molecule has 96 valence electrons. The van der Waals surface area contributed by atoms with Crippen molar-refractivity contribution >= 4 is 0 Å². The van der Waals surface area contributed by atoms with Gasteiger partial charge in [-0.15, -0.1) is 0 Å². The molecule has 0 heterocycles. The molecule has 2 aromatic rings. The molecule has 0 saturated heterocycles. The van der Waals surface area contributed by atoms with Gasteiger partial charge in [-0.1, -0.05) is 81.8 Å². The third-order valence-corrected chi connectivity index (χ3v) is 2.87. The van der Waals surface area contributed by atoms with E-state index < -0.39 is 0 Å². The van der Waals surface area contributed by atoms with Crippen LogP contribution in [0.1, 0.15) is 44.7 Å². The first-order chi connectivity index (χ1) is 8.66. The van der Waals surface area contributed by atoms with Crippen LogP contribution in [0.5, 0.6) is 0 Å². The SMILES string of the molecule is CC.Cc1cc(-c2ccccc2)cc(C(C)C)c1. The van der Waals surface area contributed by atoms with Gasteiger partial charge >= 0.3 is 0 Å². The van der Waals surface area contributed by atoms with Crippen LogP contribution in [0.3, 0.4) is 0 Å². The van der Waals surface area contributed by atoms with Gasteiger partial charge in [-0.3, -0.25) is 0 Å². The summed E-state index contributed by atoms with van der Waals surface area (Å²) in [6.07, 6.45) is 0. The Balaban J connectivity index is 0.000000771. The molecule has 0 radical (unpaired) electrons. The topological polar surface area (TPSA) is 0 Å². The quantitative estimate of drug-likeness (QED) is 0.621. The van der Waals surface area contributed by atoms with E-state index in [1.807, 2.05) is 13.8 Å². The van der Waals surface area contributed by atoms with E-state index in [-0.39, 0.29) is 0 Å². The third kappa shape index (κ3) is 3.73. The van der Waals surface area contributed by atoms with E-state index in [4.69, 9.17) is 0 Å². The van der Waals surface area contributed by atoms with Crippen LogP contribution in [0.15, 0.2) is 48.5 Å². The molecule has 0 N–H and O–H groups in total. The highest BCUT2D eigenvalue weighted by molar-refractivity contribution is 5.65. The molecule has 0 bridgehead atoms. The summed E-state index contributed by atoms with van der Waals surface area (Å²) in [5, 5.41) is 0. The van der Waals surface area contributed by atoms with E-state index in [0.717, 1.165) is 0 Å². The predicted molar refractivity (Wildman–Crippen MR) is 82.1 cm³/mol. The summed E-state index contributed by atoms with van der Waals surface area (Å²) in [6, 6.07) is 17.4. The van der Waals surface area contributed by atoms with Crippen LogP contribution in [0, 0.1) is 6.92 Å². The van der Waals surface area contributed by atoms with E-state index in [1.165, 1.54) is 22.3 Å². The third-order valence-electron chi connectivity index (χ3n) is 2.87. The van der Waals surface area contributed by atoms with Gasteiger partial charge in [0.15, 0.2) is 0 Å². The monoisotopic (exact) mass is 240 g/mol. The largest absolute Gasteiger partial charge is 0.0683 e. The van der Waals surface area contributed by atoms with Crippen molar-refractivity contribution in [3.8, 4) is 11.1 Å². The fourth-order valence-corrected chi connectivity index (χ4v) is 1.94. The van der Waals surface area contributed by atoms with Gasteiger partial charge in [0.05, 0.1) is 0 Å². The summed E-state index contributed by atoms with van der Waals surface area (Å²) in [5.41, 5.74) is 5.38. The molecule has 2 aromatic carbocycles. The molecule has 0 saturated carbocycles. The second-order valence-electron chi connectivity index (χ2n) is 4.65. The summed E-state index contributed by atoms with van der Waals surface area (Å²) in [5.74, 6) is 0.586. The molecule has 0 nitrogen and oxygen atoms in total. The molecule has 18 heavy (non-hydrogen) atoms. The zero-order valence-corrected chi connectivity index (χ0v) is 12.2. The molecule has 0 aliphatic heterocycles. The Morgan fingerprint density at radius 3 is 1.94 bits per heavy atom. The van der Waals surface area contributed by atoms with Gasteiger partial charge in [0.25, 0.3) is 0 Å². The van der Waals surface area contributed by atoms with E-state index in [0.29, 0.717) is 5.92 Å². The van der Waals surface area contributed by atoms with Crippen LogP contribution in [-0.4, -0.2) is 0 Å². The molecule has 2 rings (SSSR count).